The van der Waals surface area contributed by atoms with Gasteiger partial charge in [0.15, 0.2) is 0 Å². The van der Waals surface area contributed by atoms with Crippen LogP contribution < -0.4 is 14.8 Å². The molecule has 0 spiro atoms. The third kappa shape index (κ3) is 5.32. The maximum absolute atomic E-state index is 13.0. The average molecular weight is 414 g/mol. The molecule has 0 saturated heterocycles. The lowest BCUT2D eigenvalue weighted by Gasteiger charge is -2.10. The van der Waals surface area contributed by atoms with Crippen LogP contribution in [-0.2, 0) is 10.0 Å². The molecule has 0 radical (unpaired) electrons. The van der Waals surface area contributed by atoms with Gasteiger partial charge in [0.1, 0.15) is 11.6 Å². The Bertz CT molecular complexity index is 1120. The summed E-state index contributed by atoms with van der Waals surface area (Å²) in [5.41, 5.74) is 0.918. The maximum atomic E-state index is 13.0. The molecule has 29 heavy (non-hydrogen) atoms. The standard InChI is InChI=1S/C21H19FN2O4S/c1-2-28-19-7-4-6-18(14-19)23-21(25)15-5-3-8-20(13-15)29(26,27)24-17-11-9-16(22)10-12-17/h3-14,24H,2H2,1H3,(H,23,25). The molecule has 6 nitrogen and oxygen atoms in total. The number of hydrogen-bond donors (Lipinski definition) is 2. The predicted octanol–water partition coefficient (Wildman–Crippen LogP) is 4.28. The summed E-state index contributed by atoms with van der Waals surface area (Å²) in [7, 11) is -3.94. The highest BCUT2D eigenvalue weighted by Crippen LogP contribution is 2.20. The Kier molecular flexibility index (Phi) is 6.13. The highest BCUT2D eigenvalue weighted by atomic mass is 32.2. The molecule has 2 N–H and O–H groups in total. The zero-order valence-corrected chi connectivity index (χ0v) is 16.4. The molecule has 8 heteroatoms. The molecule has 0 fully saturated rings. The molecule has 0 heterocycles. The van der Waals surface area contributed by atoms with Crippen molar-refractivity contribution in [1.82, 2.24) is 0 Å². The van der Waals surface area contributed by atoms with Crippen molar-refractivity contribution in [2.75, 3.05) is 16.6 Å². The van der Waals surface area contributed by atoms with Crippen LogP contribution in [0.1, 0.15) is 17.3 Å². The Morgan fingerprint density at radius 3 is 2.41 bits per heavy atom. The number of ether oxygens (including phenoxy) is 1. The number of carbonyl (C=O) groups excluding carboxylic acids is 1. The molecule has 0 aliphatic carbocycles. The van der Waals surface area contributed by atoms with Gasteiger partial charge < -0.3 is 10.1 Å². The van der Waals surface area contributed by atoms with Crippen LogP contribution in [0.4, 0.5) is 15.8 Å². The van der Waals surface area contributed by atoms with Crippen molar-refractivity contribution in [3.8, 4) is 5.75 Å². The lowest BCUT2D eigenvalue weighted by atomic mass is 10.2. The van der Waals surface area contributed by atoms with Crippen molar-refractivity contribution in [1.29, 1.82) is 0 Å². The summed E-state index contributed by atoms with van der Waals surface area (Å²) in [5, 5.41) is 2.72. The van der Waals surface area contributed by atoms with Crippen molar-refractivity contribution in [3.63, 3.8) is 0 Å². The number of anilines is 2. The monoisotopic (exact) mass is 414 g/mol. The number of hydrogen-bond acceptors (Lipinski definition) is 4. The van der Waals surface area contributed by atoms with Crippen molar-refractivity contribution >= 4 is 27.3 Å². The zero-order chi connectivity index (χ0) is 20.9. The molecule has 0 saturated carbocycles. The zero-order valence-electron chi connectivity index (χ0n) is 15.6. The van der Waals surface area contributed by atoms with Gasteiger partial charge in [-0.2, -0.15) is 0 Å². The molecule has 1 amide bonds. The summed E-state index contributed by atoms with van der Waals surface area (Å²) < 4.78 is 45.9. The van der Waals surface area contributed by atoms with Gasteiger partial charge in [0.2, 0.25) is 0 Å². The molecule has 0 aliphatic heterocycles. The number of sulfonamides is 1. The third-order valence-electron chi connectivity index (χ3n) is 3.91. The van der Waals surface area contributed by atoms with Gasteiger partial charge in [-0.1, -0.05) is 12.1 Å². The number of benzene rings is 3. The smallest absolute Gasteiger partial charge is 0.261 e. The van der Waals surface area contributed by atoms with Crippen LogP contribution in [0, 0.1) is 5.82 Å². The minimum Gasteiger partial charge on any atom is -0.494 e. The van der Waals surface area contributed by atoms with Crippen LogP contribution >= 0.6 is 0 Å². The van der Waals surface area contributed by atoms with Gasteiger partial charge in [0, 0.05) is 23.0 Å². The lowest BCUT2D eigenvalue weighted by molar-refractivity contribution is 0.102. The second kappa shape index (κ2) is 8.74. The summed E-state index contributed by atoms with van der Waals surface area (Å²) in [6, 6.07) is 17.5. The van der Waals surface area contributed by atoms with Gasteiger partial charge in [-0.05, 0) is 61.5 Å². The predicted molar refractivity (Wildman–Crippen MR) is 109 cm³/mol. The van der Waals surface area contributed by atoms with E-state index in [0.717, 1.165) is 12.1 Å². The van der Waals surface area contributed by atoms with E-state index >= 15 is 0 Å². The van der Waals surface area contributed by atoms with E-state index in [1.807, 2.05) is 6.92 Å². The van der Waals surface area contributed by atoms with Gasteiger partial charge in [-0.25, -0.2) is 12.8 Å². The van der Waals surface area contributed by atoms with Crippen molar-refractivity contribution < 1.29 is 22.3 Å². The van der Waals surface area contributed by atoms with E-state index in [1.165, 1.54) is 36.4 Å². The minimum atomic E-state index is -3.94. The lowest BCUT2D eigenvalue weighted by Crippen LogP contribution is -2.16. The molecular formula is C21H19FN2O4S. The number of carbonyl (C=O) groups is 1. The van der Waals surface area contributed by atoms with Crippen LogP contribution in [0.25, 0.3) is 0 Å². The second-order valence-corrected chi connectivity index (χ2v) is 7.74. The summed E-state index contributed by atoms with van der Waals surface area (Å²) >= 11 is 0. The first-order chi connectivity index (χ1) is 13.9. The molecule has 0 aliphatic rings. The Morgan fingerprint density at radius 2 is 1.69 bits per heavy atom. The van der Waals surface area contributed by atoms with Crippen molar-refractivity contribution in [2.24, 2.45) is 0 Å². The summed E-state index contributed by atoms with van der Waals surface area (Å²) in [6.45, 7) is 2.36. The molecule has 0 atom stereocenters. The highest BCUT2D eigenvalue weighted by molar-refractivity contribution is 7.92. The van der Waals surface area contributed by atoms with E-state index in [9.17, 15) is 17.6 Å². The number of halogens is 1. The Labute approximate surface area is 168 Å². The van der Waals surface area contributed by atoms with Gasteiger partial charge in [0.25, 0.3) is 15.9 Å². The van der Waals surface area contributed by atoms with Gasteiger partial charge in [-0.3, -0.25) is 9.52 Å². The summed E-state index contributed by atoms with van der Waals surface area (Å²) in [5.74, 6) is -0.317. The molecule has 0 aromatic heterocycles. The summed E-state index contributed by atoms with van der Waals surface area (Å²) in [6.07, 6.45) is 0. The first kappa shape index (κ1) is 20.3. The quantitative estimate of drug-likeness (QED) is 0.604. The van der Waals surface area contributed by atoms with E-state index in [2.05, 4.69) is 10.0 Å². The first-order valence-corrected chi connectivity index (χ1v) is 10.3. The average Bonchev–Trinajstić information content (AvgIpc) is 2.70. The largest absolute Gasteiger partial charge is 0.494 e. The number of nitrogens with one attached hydrogen (secondary N) is 2. The highest BCUT2D eigenvalue weighted by Gasteiger charge is 2.17. The van der Waals surface area contributed by atoms with Crippen molar-refractivity contribution in [2.45, 2.75) is 11.8 Å². The van der Waals surface area contributed by atoms with Gasteiger partial charge in [-0.15, -0.1) is 0 Å². The molecule has 3 rings (SSSR count). The maximum Gasteiger partial charge on any atom is 0.261 e. The molecule has 0 bridgehead atoms. The Hall–Kier alpha value is -3.39. The Morgan fingerprint density at radius 1 is 0.966 bits per heavy atom. The SMILES string of the molecule is CCOc1cccc(NC(=O)c2cccc(S(=O)(=O)Nc3ccc(F)cc3)c2)c1. The molecule has 150 valence electrons. The van der Waals surface area contributed by atoms with Crippen LogP contribution in [-0.4, -0.2) is 20.9 Å². The van der Waals surface area contributed by atoms with E-state index in [-0.39, 0.29) is 16.1 Å². The summed E-state index contributed by atoms with van der Waals surface area (Å²) in [4.78, 5) is 12.5. The van der Waals surface area contributed by atoms with E-state index in [1.54, 1.807) is 24.3 Å². The molecule has 3 aromatic rings. The van der Waals surface area contributed by atoms with Crippen LogP contribution in [0.5, 0.6) is 5.75 Å². The molecular weight excluding hydrogens is 395 g/mol. The fraction of sp³-hybridized carbons (Fsp3) is 0.0952. The van der Waals surface area contributed by atoms with Crippen molar-refractivity contribution in [3.05, 3.63) is 84.2 Å². The van der Waals surface area contributed by atoms with Crippen LogP contribution in [0.3, 0.4) is 0 Å². The Balaban J connectivity index is 1.78. The fourth-order valence-electron chi connectivity index (χ4n) is 2.57. The normalized spacial score (nSPS) is 11.0. The number of amides is 1. The van der Waals surface area contributed by atoms with Crippen LogP contribution in [0.15, 0.2) is 77.7 Å². The van der Waals surface area contributed by atoms with E-state index in [4.69, 9.17) is 4.74 Å². The van der Waals surface area contributed by atoms with Gasteiger partial charge in [0.05, 0.1) is 11.5 Å². The third-order valence-corrected chi connectivity index (χ3v) is 5.28. The van der Waals surface area contributed by atoms with Crippen LogP contribution in [0.2, 0.25) is 0 Å². The van der Waals surface area contributed by atoms with Gasteiger partial charge >= 0.3 is 0 Å². The first-order valence-electron chi connectivity index (χ1n) is 8.80. The fourth-order valence-corrected chi connectivity index (χ4v) is 3.67. The second-order valence-electron chi connectivity index (χ2n) is 6.06. The van der Waals surface area contributed by atoms with E-state index < -0.39 is 21.7 Å². The molecule has 3 aromatic carbocycles. The topological polar surface area (TPSA) is 84.5 Å². The molecule has 0 unspecified atom stereocenters. The number of rotatable bonds is 7. The minimum absolute atomic E-state index is 0.0856. The van der Waals surface area contributed by atoms with E-state index in [0.29, 0.717) is 18.0 Å².